The Morgan fingerprint density at radius 3 is 2.65 bits per heavy atom. The van der Waals surface area contributed by atoms with Crippen molar-refractivity contribution in [3.05, 3.63) is 46.3 Å². The van der Waals surface area contributed by atoms with Crippen LogP contribution in [0.5, 0.6) is 5.75 Å². The van der Waals surface area contributed by atoms with E-state index in [-0.39, 0.29) is 0 Å². The molecule has 0 aliphatic carbocycles. The summed E-state index contributed by atoms with van der Waals surface area (Å²) in [5.41, 5.74) is 7.87. The lowest BCUT2D eigenvalue weighted by Gasteiger charge is -2.08. The van der Waals surface area contributed by atoms with Gasteiger partial charge in [0.05, 0.1) is 23.8 Å². The normalized spacial score (nSPS) is 11.2. The molecule has 120 valence electrons. The molecule has 0 unspecified atom stereocenters. The van der Waals surface area contributed by atoms with Crippen molar-refractivity contribution in [1.29, 1.82) is 0 Å². The molecule has 1 aromatic carbocycles. The molecule has 0 saturated carbocycles. The van der Waals surface area contributed by atoms with E-state index in [9.17, 15) is 0 Å². The molecule has 0 spiro atoms. The van der Waals surface area contributed by atoms with Crippen molar-refractivity contribution < 1.29 is 4.74 Å². The first kappa shape index (κ1) is 15.9. The molecular weight excluding hydrogens is 306 g/mol. The molecule has 0 bridgehead atoms. The number of imidazole rings is 1. The summed E-state index contributed by atoms with van der Waals surface area (Å²) in [6.07, 6.45) is 1.87. The molecule has 0 aliphatic heterocycles. The molecular formula is C18H21N3OS. The zero-order valence-corrected chi connectivity index (χ0v) is 15.0. The predicted octanol–water partition coefficient (Wildman–Crippen LogP) is 4.49. The Bertz CT molecular complexity index is 870. The third-order valence-electron chi connectivity index (χ3n) is 4.25. The lowest BCUT2D eigenvalue weighted by Crippen LogP contribution is -1.94. The molecule has 2 aromatic heterocycles. The van der Waals surface area contributed by atoms with Crippen LogP contribution in [0.2, 0.25) is 0 Å². The molecule has 0 fully saturated rings. The van der Waals surface area contributed by atoms with Gasteiger partial charge in [-0.25, -0.2) is 4.98 Å². The van der Waals surface area contributed by atoms with E-state index in [0.717, 1.165) is 44.5 Å². The number of hydrogen-bond acceptors (Lipinski definition) is 4. The molecule has 1 N–H and O–H groups in total. The van der Waals surface area contributed by atoms with Crippen molar-refractivity contribution in [2.45, 2.75) is 38.6 Å². The molecule has 2 heterocycles. The third-order valence-corrected chi connectivity index (χ3v) is 5.14. The maximum atomic E-state index is 5.48. The number of nitrogens with zero attached hydrogens (tertiary/aromatic N) is 2. The Labute approximate surface area is 140 Å². The molecule has 3 aromatic rings. The second kappa shape index (κ2) is 6.24. The number of methoxy groups -OCH3 is 1. The number of pyridine rings is 1. The van der Waals surface area contributed by atoms with Gasteiger partial charge in [-0.2, -0.15) is 0 Å². The van der Waals surface area contributed by atoms with Crippen LogP contribution in [-0.4, -0.2) is 22.1 Å². The van der Waals surface area contributed by atoms with Gasteiger partial charge in [-0.1, -0.05) is 11.8 Å². The van der Waals surface area contributed by atoms with Crippen LogP contribution in [0.25, 0.3) is 11.0 Å². The van der Waals surface area contributed by atoms with E-state index in [1.54, 1.807) is 18.9 Å². The number of rotatable bonds is 4. The van der Waals surface area contributed by atoms with E-state index in [2.05, 4.69) is 43.7 Å². The van der Waals surface area contributed by atoms with Crippen LogP contribution in [0, 0.1) is 27.7 Å². The van der Waals surface area contributed by atoms with Gasteiger partial charge in [0.25, 0.3) is 0 Å². The standard InChI is InChI=1S/C18H21N3OS/c1-10-6-7-19-15(12(10)3)9-23-18-20-14-8-11(2)17(22-5)13(4)16(14)21-18/h6-8H,9H2,1-5H3,(H,20,21). The first-order valence-electron chi connectivity index (χ1n) is 7.59. The first-order chi connectivity index (χ1) is 11.0. The molecule has 3 rings (SSSR count). The minimum Gasteiger partial charge on any atom is -0.496 e. The van der Waals surface area contributed by atoms with E-state index >= 15 is 0 Å². The highest BCUT2D eigenvalue weighted by molar-refractivity contribution is 7.98. The number of H-pyrrole nitrogens is 1. The summed E-state index contributed by atoms with van der Waals surface area (Å²) in [6.45, 7) is 8.34. The van der Waals surface area contributed by atoms with Crippen molar-refractivity contribution in [2.75, 3.05) is 7.11 Å². The number of aryl methyl sites for hydroxylation is 3. The van der Waals surface area contributed by atoms with Gasteiger partial charge in [-0.3, -0.25) is 4.98 Å². The molecule has 23 heavy (non-hydrogen) atoms. The Hall–Kier alpha value is -2.01. The molecule has 0 amide bonds. The van der Waals surface area contributed by atoms with Gasteiger partial charge in [-0.05, 0) is 56.5 Å². The highest BCUT2D eigenvalue weighted by Crippen LogP contribution is 2.32. The number of fused-ring (bicyclic) bond motifs is 1. The number of aromatic nitrogens is 3. The van der Waals surface area contributed by atoms with E-state index in [4.69, 9.17) is 9.72 Å². The molecule has 5 heteroatoms. The van der Waals surface area contributed by atoms with Gasteiger partial charge in [0.1, 0.15) is 5.75 Å². The maximum Gasteiger partial charge on any atom is 0.166 e. The minimum atomic E-state index is 0.808. The maximum absolute atomic E-state index is 5.48. The highest BCUT2D eigenvalue weighted by atomic mass is 32.2. The van der Waals surface area contributed by atoms with Crippen molar-refractivity contribution in [3.63, 3.8) is 0 Å². The zero-order valence-electron chi connectivity index (χ0n) is 14.2. The number of benzene rings is 1. The zero-order chi connectivity index (χ0) is 16.6. The van der Waals surface area contributed by atoms with Gasteiger partial charge >= 0.3 is 0 Å². The summed E-state index contributed by atoms with van der Waals surface area (Å²) >= 11 is 1.68. The topological polar surface area (TPSA) is 50.8 Å². The second-order valence-electron chi connectivity index (χ2n) is 5.78. The largest absolute Gasteiger partial charge is 0.496 e. The number of ether oxygens (including phenoxy) is 1. The summed E-state index contributed by atoms with van der Waals surface area (Å²) in [6, 6.07) is 4.14. The van der Waals surface area contributed by atoms with Crippen molar-refractivity contribution in [2.24, 2.45) is 0 Å². The van der Waals surface area contributed by atoms with Crippen molar-refractivity contribution in [3.8, 4) is 5.75 Å². The van der Waals surface area contributed by atoms with Gasteiger partial charge < -0.3 is 9.72 Å². The third kappa shape index (κ3) is 2.93. The first-order valence-corrected chi connectivity index (χ1v) is 8.57. The smallest absolute Gasteiger partial charge is 0.166 e. The average Bonchev–Trinajstić information content (AvgIpc) is 2.92. The molecule has 0 atom stereocenters. The summed E-state index contributed by atoms with van der Waals surface area (Å²) < 4.78 is 5.48. The van der Waals surface area contributed by atoms with E-state index < -0.39 is 0 Å². The van der Waals surface area contributed by atoms with Gasteiger partial charge in [0, 0.05) is 17.5 Å². The Kier molecular flexibility index (Phi) is 4.31. The molecule has 0 aliphatic rings. The van der Waals surface area contributed by atoms with E-state index in [1.165, 1.54) is 11.1 Å². The van der Waals surface area contributed by atoms with Gasteiger partial charge in [0.15, 0.2) is 5.16 Å². The fourth-order valence-electron chi connectivity index (χ4n) is 2.79. The highest BCUT2D eigenvalue weighted by Gasteiger charge is 2.13. The van der Waals surface area contributed by atoms with Crippen LogP contribution in [0.3, 0.4) is 0 Å². The summed E-state index contributed by atoms with van der Waals surface area (Å²) in [5, 5.41) is 0.915. The molecule has 0 saturated heterocycles. The molecule has 0 radical (unpaired) electrons. The lowest BCUT2D eigenvalue weighted by atomic mass is 10.1. The van der Waals surface area contributed by atoms with Crippen LogP contribution in [-0.2, 0) is 5.75 Å². The van der Waals surface area contributed by atoms with E-state index in [0.29, 0.717) is 0 Å². The monoisotopic (exact) mass is 327 g/mol. The molecule has 4 nitrogen and oxygen atoms in total. The average molecular weight is 327 g/mol. The fraction of sp³-hybridized carbons (Fsp3) is 0.333. The van der Waals surface area contributed by atoms with Crippen LogP contribution in [0.4, 0.5) is 0 Å². The summed E-state index contributed by atoms with van der Waals surface area (Å²) in [5.74, 6) is 1.72. The minimum absolute atomic E-state index is 0.808. The summed E-state index contributed by atoms with van der Waals surface area (Å²) in [7, 11) is 1.70. The van der Waals surface area contributed by atoms with E-state index in [1.807, 2.05) is 12.3 Å². The number of thioether (sulfide) groups is 1. The number of hydrogen-bond donors (Lipinski definition) is 1. The van der Waals surface area contributed by atoms with Crippen molar-refractivity contribution in [1.82, 2.24) is 15.0 Å². The van der Waals surface area contributed by atoms with Gasteiger partial charge in [-0.15, -0.1) is 0 Å². The number of nitrogens with one attached hydrogen (secondary N) is 1. The van der Waals surface area contributed by atoms with Crippen LogP contribution in [0.1, 0.15) is 27.9 Å². The lowest BCUT2D eigenvalue weighted by molar-refractivity contribution is 0.409. The Morgan fingerprint density at radius 1 is 1.13 bits per heavy atom. The SMILES string of the molecule is COc1c(C)cc2[nH]c(SCc3nccc(C)c3C)nc2c1C. The number of aromatic amines is 1. The van der Waals surface area contributed by atoms with Crippen LogP contribution >= 0.6 is 11.8 Å². The summed E-state index contributed by atoms with van der Waals surface area (Å²) in [4.78, 5) is 12.6. The predicted molar refractivity (Wildman–Crippen MR) is 95.4 cm³/mol. The van der Waals surface area contributed by atoms with Crippen molar-refractivity contribution >= 4 is 22.8 Å². The Balaban J connectivity index is 1.89. The van der Waals surface area contributed by atoms with Gasteiger partial charge in [0.2, 0.25) is 0 Å². The van der Waals surface area contributed by atoms with Crippen LogP contribution in [0.15, 0.2) is 23.5 Å². The fourth-order valence-corrected chi connectivity index (χ4v) is 3.70. The van der Waals surface area contributed by atoms with Crippen LogP contribution < -0.4 is 4.74 Å². The quantitative estimate of drug-likeness (QED) is 0.717. The Morgan fingerprint density at radius 2 is 1.91 bits per heavy atom. The second-order valence-corrected chi connectivity index (χ2v) is 6.74.